The van der Waals surface area contributed by atoms with Crippen molar-refractivity contribution in [1.82, 2.24) is 5.32 Å². The normalized spacial score (nSPS) is 24.4. The van der Waals surface area contributed by atoms with E-state index in [2.05, 4.69) is 5.32 Å². The third-order valence-corrected chi connectivity index (χ3v) is 4.05. The van der Waals surface area contributed by atoms with Gasteiger partial charge in [-0.2, -0.15) is 0 Å². The summed E-state index contributed by atoms with van der Waals surface area (Å²) < 4.78 is 4.70. The second-order valence-electron chi connectivity index (χ2n) is 3.48. The summed E-state index contributed by atoms with van der Waals surface area (Å²) in [5, 5.41) is 3.99. The molecule has 1 aliphatic rings. The van der Waals surface area contributed by atoms with Crippen LogP contribution in [0.25, 0.3) is 0 Å². The van der Waals surface area contributed by atoms with Crippen molar-refractivity contribution in [2.45, 2.75) is 11.4 Å². The molecule has 0 saturated carbocycles. The predicted molar refractivity (Wildman–Crippen MR) is 65.6 cm³/mol. The third-order valence-electron chi connectivity index (χ3n) is 2.46. The second-order valence-corrected chi connectivity index (χ2v) is 5.02. The molecular formula is C11H12ClNO2S. The number of rotatable bonds is 2. The standard InChI is InChI=1S/C11H12ClNO2S/c1-15-11(14)9-6-16-10(13-9)7-4-2-3-5-8(7)12/h2-5,9-10,13H,6H2,1H3/t9-,10?/m0/s1. The zero-order valence-corrected chi connectivity index (χ0v) is 10.3. The Bertz CT molecular complexity index is 399. The van der Waals surface area contributed by atoms with Gasteiger partial charge in [0.1, 0.15) is 6.04 Å². The summed E-state index contributed by atoms with van der Waals surface area (Å²) in [5.74, 6) is 0.491. The monoisotopic (exact) mass is 257 g/mol. The van der Waals surface area contributed by atoms with E-state index in [1.165, 1.54) is 7.11 Å². The molecule has 1 heterocycles. The van der Waals surface area contributed by atoms with E-state index in [0.29, 0.717) is 5.75 Å². The lowest BCUT2D eigenvalue weighted by Gasteiger charge is -2.13. The first kappa shape index (κ1) is 11.8. The summed E-state index contributed by atoms with van der Waals surface area (Å²) in [6, 6.07) is 7.41. The Morgan fingerprint density at radius 2 is 2.31 bits per heavy atom. The Morgan fingerprint density at radius 3 is 3.00 bits per heavy atom. The van der Waals surface area contributed by atoms with Crippen LogP contribution < -0.4 is 5.32 Å². The van der Waals surface area contributed by atoms with Crippen molar-refractivity contribution in [3.63, 3.8) is 0 Å². The van der Waals surface area contributed by atoms with E-state index in [1.807, 2.05) is 24.3 Å². The van der Waals surface area contributed by atoms with Crippen LogP contribution in [-0.4, -0.2) is 24.9 Å². The van der Waals surface area contributed by atoms with Gasteiger partial charge < -0.3 is 4.74 Å². The minimum Gasteiger partial charge on any atom is -0.468 e. The Hall–Kier alpha value is -0.710. The van der Waals surface area contributed by atoms with Crippen LogP contribution in [0.2, 0.25) is 5.02 Å². The van der Waals surface area contributed by atoms with Crippen molar-refractivity contribution in [2.75, 3.05) is 12.9 Å². The number of esters is 1. The lowest BCUT2D eigenvalue weighted by Crippen LogP contribution is -2.34. The van der Waals surface area contributed by atoms with Crippen molar-refractivity contribution < 1.29 is 9.53 Å². The molecule has 0 aromatic heterocycles. The van der Waals surface area contributed by atoms with Crippen molar-refractivity contribution in [1.29, 1.82) is 0 Å². The van der Waals surface area contributed by atoms with E-state index in [0.717, 1.165) is 10.6 Å². The van der Waals surface area contributed by atoms with E-state index >= 15 is 0 Å². The van der Waals surface area contributed by atoms with Crippen LogP contribution in [0.15, 0.2) is 24.3 Å². The largest absolute Gasteiger partial charge is 0.468 e. The van der Waals surface area contributed by atoms with Gasteiger partial charge in [-0.15, -0.1) is 11.8 Å². The van der Waals surface area contributed by atoms with Gasteiger partial charge in [-0.05, 0) is 11.6 Å². The molecule has 1 saturated heterocycles. The molecule has 0 spiro atoms. The van der Waals surface area contributed by atoms with Crippen molar-refractivity contribution in [2.24, 2.45) is 0 Å². The molecule has 5 heteroatoms. The average Bonchev–Trinajstić information content (AvgIpc) is 2.78. The van der Waals surface area contributed by atoms with E-state index in [9.17, 15) is 4.79 Å². The highest BCUT2D eigenvalue weighted by Gasteiger charge is 2.31. The van der Waals surface area contributed by atoms with Crippen molar-refractivity contribution in [3.8, 4) is 0 Å². The number of thioether (sulfide) groups is 1. The molecule has 1 aromatic carbocycles. The van der Waals surface area contributed by atoms with Crippen LogP contribution in [0, 0.1) is 0 Å². The Morgan fingerprint density at radius 1 is 1.56 bits per heavy atom. The molecule has 1 unspecified atom stereocenters. The molecular weight excluding hydrogens is 246 g/mol. The fourth-order valence-corrected chi connectivity index (χ4v) is 3.19. The van der Waals surface area contributed by atoms with Gasteiger partial charge in [0.25, 0.3) is 0 Å². The van der Waals surface area contributed by atoms with Gasteiger partial charge >= 0.3 is 5.97 Å². The van der Waals surface area contributed by atoms with Gasteiger partial charge in [-0.3, -0.25) is 10.1 Å². The van der Waals surface area contributed by atoms with Gasteiger partial charge in [-0.1, -0.05) is 29.8 Å². The van der Waals surface area contributed by atoms with Crippen LogP contribution in [0.5, 0.6) is 0 Å². The predicted octanol–water partition coefficient (Wildman–Crippen LogP) is 2.22. The molecule has 0 radical (unpaired) electrons. The first-order chi connectivity index (χ1) is 7.72. The minimum atomic E-state index is -0.240. The molecule has 1 aliphatic heterocycles. The Labute approximate surface area is 104 Å². The number of methoxy groups -OCH3 is 1. The van der Waals surface area contributed by atoms with Crippen molar-refractivity contribution >= 4 is 29.3 Å². The van der Waals surface area contributed by atoms with Gasteiger partial charge in [0.05, 0.1) is 12.5 Å². The molecule has 0 bridgehead atoms. The average molecular weight is 258 g/mol. The number of halogens is 1. The number of hydrogen-bond donors (Lipinski definition) is 1. The Kier molecular flexibility index (Phi) is 3.74. The maximum Gasteiger partial charge on any atom is 0.323 e. The highest BCUT2D eigenvalue weighted by molar-refractivity contribution is 7.99. The zero-order chi connectivity index (χ0) is 11.5. The summed E-state index contributed by atoms with van der Waals surface area (Å²) >= 11 is 7.76. The molecule has 2 rings (SSSR count). The number of carbonyl (C=O) groups is 1. The summed E-state index contributed by atoms with van der Waals surface area (Å²) in [7, 11) is 1.40. The molecule has 16 heavy (non-hydrogen) atoms. The summed E-state index contributed by atoms with van der Waals surface area (Å²) in [6.07, 6.45) is 0. The summed E-state index contributed by atoms with van der Waals surface area (Å²) in [6.45, 7) is 0. The lowest BCUT2D eigenvalue weighted by atomic mass is 10.2. The van der Waals surface area contributed by atoms with Gasteiger partial charge in [0.15, 0.2) is 0 Å². The first-order valence-corrected chi connectivity index (χ1v) is 6.35. The van der Waals surface area contributed by atoms with Crippen LogP contribution >= 0.6 is 23.4 Å². The number of benzene rings is 1. The molecule has 2 atom stereocenters. The molecule has 1 fully saturated rings. The highest BCUT2D eigenvalue weighted by Crippen LogP contribution is 2.36. The lowest BCUT2D eigenvalue weighted by molar-refractivity contribution is -0.142. The topological polar surface area (TPSA) is 38.3 Å². The first-order valence-electron chi connectivity index (χ1n) is 4.92. The third kappa shape index (κ3) is 2.34. The maximum absolute atomic E-state index is 11.3. The van der Waals surface area contributed by atoms with E-state index in [4.69, 9.17) is 16.3 Å². The van der Waals surface area contributed by atoms with Crippen LogP contribution in [0.1, 0.15) is 10.9 Å². The van der Waals surface area contributed by atoms with Crippen LogP contribution in [0.4, 0.5) is 0 Å². The molecule has 1 N–H and O–H groups in total. The number of carbonyl (C=O) groups excluding carboxylic acids is 1. The zero-order valence-electron chi connectivity index (χ0n) is 8.77. The van der Waals surface area contributed by atoms with E-state index in [1.54, 1.807) is 11.8 Å². The number of hydrogen-bond acceptors (Lipinski definition) is 4. The number of nitrogens with one attached hydrogen (secondary N) is 1. The SMILES string of the molecule is COC(=O)[C@@H]1CSC(c2ccccc2Cl)N1. The van der Waals surface area contributed by atoms with Gasteiger partial charge in [0, 0.05) is 10.8 Å². The summed E-state index contributed by atoms with van der Waals surface area (Å²) in [4.78, 5) is 11.3. The highest BCUT2D eigenvalue weighted by atomic mass is 35.5. The van der Waals surface area contributed by atoms with Gasteiger partial charge in [-0.25, -0.2) is 0 Å². The molecule has 1 aromatic rings. The van der Waals surface area contributed by atoms with Crippen LogP contribution in [0.3, 0.4) is 0 Å². The van der Waals surface area contributed by atoms with Crippen molar-refractivity contribution in [3.05, 3.63) is 34.9 Å². The van der Waals surface area contributed by atoms with E-state index < -0.39 is 0 Å². The number of ether oxygens (including phenoxy) is 1. The molecule has 0 amide bonds. The fraction of sp³-hybridized carbons (Fsp3) is 0.364. The quantitative estimate of drug-likeness (QED) is 0.825. The summed E-state index contributed by atoms with van der Waals surface area (Å²) in [5.41, 5.74) is 1.01. The minimum absolute atomic E-state index is 0.0674. The molecule has 86 valence electrons. The maximum atomic E-state index is 11.3. The Balaban J connectivity index is 2.09. The van der Waals surface area contributed by atoms with Crippen LogP contribution in [-0.2, 0) is 9.53 Å². The van der Waals surface area contributed by atoms with E-state index in [-0.39, 0.29) is 17.4 Å². The fourth-order valence-electron chi connectivity index (χ4n) is 1.62. The molecule has 0 aliphatic carbocycles. The second kappa shape index (κ2) is 5.08. The van der Waals surface area contributed by atoms with Gasteiger partial charge in [0.2, 0.25) is 0 Å². The smallest absolute Gasteiger partial charge is 0.323 e. The molecule has 3 nitrogen and oxygen atoms in total.